The van der Waals surface area contributed by atoms with Crippen LogP contribution in [0.25, 0.3) is 0 Å². The summed E-state index contributed by atoms with van der Waals surface area (Å²) in [6.45, 7) is 2.23. The van der Waals surface area contributed by atoms with Crippen LogP contribution in [0.2, 0.25) is 0 Å². The summed E-state index contributed by atoms with van der Waals surface area (Å²) >= 11 is 0. The summed E-state index contributed by atoms with van der Waals surface area (Å²) in [6, 6.07) is 0.328. The van der Waals surface area contributed by atoms with E-state index in [2.05, 4.69) is 19.1 Å². The van der Waals surface area contributed by atoms with Crippen LogP contribution in [0.1, 0.15) is 90.4 Å². The van der Waals surface area contributed by atoms with Gasteiger partial charge in [-0.25, -0.2) is 0 Å². The van der Waals surface area contributed by atoms with Gasteiger partial charge in [0.2, 0.25) is 0 Å². The zero-order valence-corrected chi connectivity index (χ0v) is 13.9. The molecule has 0 radical (unpaired) electrons. The molecular formula is C18H35NO2. The molecule has 0 fully saturated rings. The molecule has 0 bridgehead atoms. The summed E-state index contributed by atoms with van der Waals surface area (Å²) < 4.78 is 0. The van der Waals surface area contributed by atoms with Crippen LogP contribution in [0.15, 0.2) is 12.2 Å². The third kappa shape index (κ3) is 17.1. The van der Waals surface area contributed by atoms with Crippen LogP contribution < -0.4 is 5.73 Å². The van der Waals surface area contributed by atoms with E-state index in [4.69, 9.17) is 10.8 Å². The molecule has 0 rings (SSSR count). The molecule has 1 unspecified atom stereocenters. The van der Waals surface area contributed by atoms with Crippen molar-refractivity contribution in [1.82, 2.24) is 0 Å². The Kier molecular flexibility index (Phi) is 14.9. The smallest absolute Gasteiger partial charge is 0.303 e. The lowest BCUT2D eigenvalue weighted by Gasteiger charge is -2.08. The van der Waals surface area contributed by atoms with E-state index >= 15 is 0 Å². The number of allylic oxidation sites excluding steroid dienone is 1. The van der Waals surface area contributed by atoms with Crippen LogP contribution in [0.4, 0.5) is 0 Å². The maximum Gasteiger partial charge on any atom is 0.303 e. The number of carbonyl (C=O) groups is 1. The number of carboxylic acid groups (broad SMARTS) is 1. The Morgan fingerprint density at radius 3 is 2.38 bits per heavy atom. The molecule has 3 heteroatoms. The van der Waals surface area contributed by atoms with Crippen molar-refractivity contribution in [3.63, 3.8) is 0 Å². The van der Waals surface area contributed by atoms with Gasteiger partial charge in [0.25, 0.3) is 0 Å². The molecule has 0 aliphatic carbocycles. The Hall–Kier alpha value is -0.830. The summed E-state index contributed by atoms with van der Waals surface area (Å²) in [6.07, 6.45) is 18.7. The van der Waals surface area contributed by atoms with Crippen molar-refractivity contribution in [3.8, 4) is 0 Å². The van der Waals surface area contributed by atoms with Gasteiger partial charge >= 0.3 is 5.97 Å². The van der Waals surface area contributed by atoms with E-state index in [-0.39, 0.29) is 0 Å². The van der Waals surface area contributed by atoms with Gasteiger partial charge in [-0.1, -0.05) is 64.0 Å². The van der Waals surface area contributed by atoms with Gasteiger partial charge in [-0.3, -0.25) is 4.79 Å². The molecule has 0 aliphatic rings. The highest BCUT2D eigenvalue weighted by molar-refractivity contribution is 5.66. The highest BCUT2D eigenvalue weighted by Gasteiger charge is 1.99. The van der Waals surface area contributed by atoms with Gasteiger partial charge in [-0.05, 0) is 32.1 Å². The van der Waals surface area contributed by atoms with E-state index in [1.54, 1.807) is 0 Å². The highest BCUT2D eigenvalue weighted by atomic mass is 16.4. The lowest BCUT2D eigenvalue weighted by atomic mass is 10.0. The first kappa shape index (κ1) is 20.2. The summed E-state index contributed by atoms with van der Waals surface area (Å²) in [5.74, 6) is -0.677. The normalized spacial score (nSPS) is 12.9. The average Bonchev–Trinajstić information content (AvgIpc) is 2.45. The number of hydrogen-bond acceptors (Lipinski definition) is 2. The van der Waals surface area contributed by atoms with Gasteiger partial charge in [0.05, 0.1) is 0 Å². The quantitative estimate of drug-likeness (QED) is 0.328. The Balaban J connectivity index is 3.26. The fourth-order valence-electron chi connectivity index (χ4n) is 2.41. The number of carboxylic acids is 1. The van der Waals surface area contributed by atoms with Crippen LogP contribution in [0, 0.1) is 0 Å². The molecule has 21 heavy (non-hydrogen) atoms. The molecule has 0 saturated heterocycles. The van der Waals surface area contributed by atoms with Crippen LogP contribution in [0.5, 0.6) is 0 Å². The van der Waals surface area contributed by atoms with Gasteiger partial charge in [-0.2, -0.15) is 0 Å². The monoisotopic (exact) mass is 297 g/mol. The summed E-state index contributed by atoms with van der Waals surface area (Å²) in [7, 11) is 0. The largest absolute Gasteiger partial charge is 0.481 e. The Morgan fingerprint density at radius 2 is 1.67 bits per heavy atom. The van der Waals surface area contributed by atoms with Crippen LogP contribution in [0.3, 0.4) is 0 Å². The first-order valence-electron chi connectivity index (χ1n) is 8.79. The minimum atomic E-state index is -0.677. The van der Waals surface area contributed by atoms with Gasteiger partial charge in [0.15, 0.2) is 0 Å². The van der Waals surface area contributed by atoms with Gasteiger partial charge in [0, 0.05) is 12.5 Å². The summed E-state index contributed by atoms with van der Waals surface area (Å²) in [4.78, 5) is 10.3. The van der Waals surface area contributed by atoms with Crippen molar-refractivity contribution in [3.05, 3.63) is 12.2 Å². The number of unbranched alkanes of at least 4 members (excludes halogenated alkanes) is 8. The fraction of sp³-hybridized carbons (Fsp3) is 0.833. The van der Waals surface area contributed by atoms with Gasteiger partial charge < -0.3 is 10.8 Å². The van der Waals surface area contributed by atoms with E-state index in [0.717, 1.165) is 38.5 Å². The molecule has 0 aromatic rings. The number of nitrogens with two attached hydrogens (primary N) is 1. The first-order valence-corrected chi connectivity index (χ1v) is 8.79. The minimum Gasteiger partial charge on any atom is -0.481 e. The third-order valence-electron chi connectivity index (χ3n) is 3.80. The predicted molar refractivity (Wildman–Crippen MR) is 90.4 cm³/mol. The topological polar surface area (TPSA) is 63.3 Å². The standard InChI is InChI=1S/C18H35NO2/c1-2-3-4-11-14-17(19)15-12-9-7-5-6-8-10-13-16-18(20)21/h9,12,17H,2-8,10-11,13-16,19H2,1H3,(H,20,21). The second-order valence-electron chi connectivity index (χ2n) is 6.02. The maximum atomic E-state index is 10.3. The second-order valence-corrected chi connectivity index (χ2v) is 6.02. The molecule has 124 valence electrons. The Bertz CT molecular complexity index is 264. The van der Waals surface area contributed by atoms with Crippen molar-refractivity contribution in [2.45, 2.75) is 96.4 Å². The molecule has 0 aromatic carbocycles. The van der Waals surface area contributed by atoms with Gasteiger partial charge in [-0.15, -0.1) is 0 Å². The summed E-state index contributed by atoms with van der Waals surface area (Å²) in [5, 5.41) is 8.52. The SMILES string of the molecule is CCCCCCC(N)CC=CCCCCCCCC(=O)O. The van der Waals surface area contributed by atoms with Crippen molar-refractivity contribution < 1.29 is 9.90 Å². The molecule has 3 nitrogen and oxygen atoms in total. The number of aliphatic carboxylic acids is 1. The molecular weight excluding hydrogens is 262 g/mol. The van der Waals surface area contributed by atoms with Crippen LogP contribution in [-0.2, 0) is 4.79 Å². The zero-order chi connectivity index (χ0) is 15.8. The van der Waals surface area contributed by atoms with Crippen LogP contribution in [-0.4, -0.2) is 17.1 Å². The molecule has 0 aliphatic heterocycles. The molecule has 0 amide bonds. The predicted octanol–water partition coefficient (Wildman–Crippen LogP) is 5.05. The van der Waals surface area contributed by atoms with Crippen molar-refractivity contribution in [1.29, 1.82) is 0 Å². The Morgan fingerprint density at radius 1 is 1.00 bits per heavy atom. The lowest BCUT2D eigenvalue weighted by molar-refractivity contribution is -0.137. The lowest BCUT2D eigenvalue weighted by Crippen LogP contribution is -2.18. The molecule has 0 aromatic heterocycles. The maximum absolute atomic E-state index is 10.3. The second kappa shape index (κ2) is 15.6. The van der Waals surface area contributed by atoms with E-state index in [9.17, 15) is 4.79 Å². The summed E-state index contributed by atoms with van der Waals surface area (Å²) in [5.41, 5.74) is 6.08. The van der Waals surface area contributed by atoms with E-state index in [1.165, 1.54) is 38.5 Å². The van der Waals surface area contributed by atoms with Crippen molar-refractivity contribution in [2.24, 2.45) is 5.73 Å². The first-order chi connectivity index (χ1) is 10.2. The third-order valence-corrected chi connectivity index (χ3v) is 3.80. The number of hydrogen-bond donors (Lipinski definition) is 2. The van der Waals surface area contributed by atoms with Crippen molar-refractivity contribution >= 4 is 5.97 Å². The number of rotatable bonds is 15. The molecule has 0 saturated carbocycles. The van der Waals surface area contributed by atoms with E-state index in [1.807, 2.05) is 0 Å². The molecule has 0 spiro atoms. The fourth-order valence-corrected chi connectivity index (χ4v) is 2.41. The van der Waals surface area contributed by atoms with E-state index < -0.39 is 5.97 Å². The minimum absolute atomic E-state index is 0.316. The Labute approximate surface area is 131 Å². The highest BCUT2D eigenvalue weighted by Crippen LogP contribution is 2.09. The van der Waals surface area contributed by atoms with Gasteiger partial charge in [0.1, 0.15) is 0 Å². The van der Waals surface area contributed by atoms with E-state index in [0.29, 0.717) is 12.5 Å². The average molecular weight is 297 g/mol. The molecule has 3 N–H and O–H groups in total. The van der Waals surface area contributed by atoms with Crippen LogP contribution >= 0.6 is 0 Å². The van der Waals surface area contributed by atoms with Crippen molar-refractivity contribution in [2.75, 3.05) is 0 Å². The molecule has 1 atom stereocenters. The molecule has 0 heterocycles. The zero-order valence-electron chi connectivity index (χ0n) is 13.9.